The summed E-state index contributed by atoms with van der Waals surface area (Å²) in [5.74, 6) is 0. The smallest absolute Gasteiger partial charge is 0.187 e. The molecule has 0 amide bonds. The zero-order valence-electron chi connectivity index (χ0n) is 6.03. The Morgan fingerprint density at radius 2 is 2.00 bits per heavy atom. The van der Waals surface area contributed by atoms with E-state index in [1.807, 2.05) is 0 Å². The van der Waals surface area contributed by atoms with Crippen LogP contribution in [0, 0.1) is 6.57 Å². The number of rotatable bonds is 1. The van der Waals surface area contributed by atoms with E-state index >= 15 is 0 Å². The van der Waals surface area contributed by atoms with E-state index in [9.17, 15) is 0 Å². The predicted octanol–water partition coefficient (Wildman–Crippen LogP) is 2.61. The minimum absolute atomic E-state index is 0.0199. The van der Waals surface area contributed by atoms with E-state index in [4.69, 9.17) is 23.4 Å². The quantitative estimate of drug-likeness (QED) is 0.307. The van der Waals surface area contributed by atoms with Crippen LogP contribution in [0.4, 0.5) is 5.69 Å². The van der Waals surface area contributed by atoms with Gasteiger partial charge in [0.05, 0.1) is 6.57 Å². The molecule has 12 heavy (non-hydrogen) atoms. The van der Waals surface area contributed by atoms with Gasteiger partial charge in [0.15, 0.2) is 10.9 Å². The highest BCUT2D eigenvalue weighted by Crippen LogP contribution is 2.13. The van der Waals surface area contributed by atoms with Crippen molar-refractivity contribution < 1.29 is 5.21 Å². The first kappa shape index (κ1) is 8.57. The molecule has 0 spiro atoms. The second-order valence-corrected chi connectivity index (χ2v) is 2.41. The maximum absolute atomic E-state index is 8.31. The molecule has 0 bridgehead atoms. The van der Waals surface area contributed by atoms with Crippen molar-refractivity contribution in [3.63, 3.8) is 0 Å². The Balaban J connectivity index is 3.02. The van der Waals surface area contributed by atoms with E-state index in [-0.39, 0.29) is 5.17 Å². The van der Waals surface area contributed by atoms with Crippen LogP contribution in [0.2, 0.25) is 0 Å². The fraction of sp³-hybridized carbons (Fsp3) is 0. The highest BCUT2D eigenvalue weighted by atomic mass is 35.5. The van der Waals surface area contributed by atoms with E-state index < -0.39 is 0 Å². The van der Waals surface area contributed by atoms with Gasteiger partial charge in [-0.2, -0.15) is 0 Å². The lowest BCUT2D eigenvalue weighted by molar-refractivity contribution is 0.321. The van der Waals surface area contributed by atoms with Gasteiger partial charge < -0.3 is 5.21 Å². The summed E-state index contributed by atoms with van der Waals surface area (Å²) >= 11 is 5.51. The van der Waals surface area contributed by atoms with Crippen molar-refractivity contribution in [1.29, 1.82) is 0 Å². The van der Waals surface area contributed by atoms with Gasteiger partial charge in [0.1, 0.15) is 0 Å². The highest BCUT2D eigenvalue weighted by Gasteiger charge is 1.98. The Bertz CT molecular complexity index is 337. The molecule has 0 atom stereocenters. The van der Waals surface area contributed by atoms with Crippen molar-refractivity contribution in [1.82, 2.24) is 0 Å². The van der Waals surface area contributed by atoms with Crippen LogP contribution in [-0.2, 0) is 0 Å². The minimum Gasteiger partial charge on any atom is -0.410 e. The molecule has 0 aromatic heterocycles. The van der Waals surface area contributed by atoms with Crippen molar-refractivity contribution >= 4 is 22.5 Å². The molecular weight excluding hydrogens is 176 g/mol. The third-order valence-corrected chi connectivity index (χ3v) is 1.62. The van der Waals surface area contributed by atoms with Crippen molar-refractivity contribution in [3.05, 3.63) is 41.2 Å². The summed E-state index contributed by atoms with van der Waals surface area (Å²) in [6.45, 7) is 6.68. The second-order valence-electron chi connectivity index (χ2n) is 2.05. The maximum Gasteiger partial charge on any atom is 0.187 e. The summed E-state index contributed by atoms with van der Waals surface area (Å²) < 4.78 is 0. The monoisotopic (exact) mass is 180 g/mol. The highest BCUT2D eigenvalue weighted by molar-refractivity contribution is 6.69. The third kappa shape index (κ3) is 1.74. The molecule has 0 aliphatic carbocycles. The molecule has 1 aromatic carbocycles. The van der Waals surface area contributed by atoms with Gasteiger partial charge in [-0.15, -0.1) is 0 Å². The Hall–Kier alpha value is -1.53. The lowest BCUT2D eigenvalue weighted by atomic mass is 10.2. The van der Waals surface area contributed by atoms with Crippen molar-refractivity contribution in [2.24, 2.45) is 5.16 Å². The number of benzene rings is 1. The van der Waals surface area contributed by atoms with Crippen molar-refractivity contribution in [2.75, 3.05) is 0 Å². The van der Waals surface area contributed by atoms with Crippen molar-refractivity contribution in [3.8, 4) is 0 Å². The summed E-state index contributed by atoms with van der Waals surface area (Å²) in [6.07, 6.45) is 0. The fourth-order valence-corrected chi connectivity index (χ4v) is 0.857. The third-order valence-electron chi connectivity index (χ3n) is 1.32. The van der Waals surface area contributed by atoms with Gasteiger partial charge in [0.25, 0.3) is 0 Å². The molecule has 0 fully saturated rings. The largest absolute Gasteiger partial charge is 0.410 e. The van der Waals surface area contributed by atoms with Crippen LogP contribution in [0.5, 0.6) is 0 Å². The molecule has 0 saturated heterocycles. The van der Waals surface area contributed by atoms with Gasteiger partial charge in [-0.1, -0.05) is 41.0 Å². The average molecular weight is 181 g/mol. The molecule has 0 heterocycles. The van der Waals surface area contributed by atoms with Crippen LogP contribution in [0.3, 0.4) is 0 Å². The topological polar surface area (TPSA) is 37.0 Å². The van der Waals surface area contributed by atoms with Gasteiger partial charge >= 0.3 is 0 Å². The van der Waals surface area contributed by atoms with Crippen LogP contribution < -0.4 is 0 Å². The standard InChI is InChI=1S/C8H5ClN2O/c1-10-7-4-2-6(3-5-7)8(9)11-12/h2-5,12H/b11-8-. The van der Waals surface area contributed by atoms with E-state index in [0.29, 0.717) is 11.3 Å². The molecule has 0 radical (unpaired) electrons. The zero-order valence-corrected chi connectivity index (χ0v) is 6.78. The number of hydrogen-bond donors (Lipinski definition) is 1. The zero-order chi connectivity index (χ0) is 8.97. The molecule has 4 heteroatoms. The molecule has 0 aliphatic heterocycles. The molecule has 3 nitrogen and oxygen atoms in total. The van der Waals surface area contributed by atoms with Gasteiger partial charge in [-0.25, -0.2) is 4.85 Å². The Labute approximate surface area is 74.7 Å². The molecule has 1 aromatic rings. The maximum atomic E-state index is 8.31. The molecular formula is C8H5ClN2O. The first-order valence-corrected chi connectivity index (χ1v) is 3.51. The summed E-state index contributed by atoms with van der Waals surface area (Å²) in [5, 5.41) is 11.1. The molecule has 1 rings (SSSR count). The summed E-state index contributed by atoms with van der Waals surface area (Å²) in [7, 11) is 0. The van der Waals surface area contributed by atoms with Gasteiger partial charge in [0, 0.05) is 5.56 Å². The number of oxime groups is 1. The predicted molar refractivity (Wildman–Crippen MR) is 46.9 cm³/mol. The molecule has 1 N–H and O–H groups in total. The van der Waals surface area contributed by atoms with Crippen LogP contribution in [0.1, 0.15) is 5.56 Å². The van der Waals surface area contributed by atoms with Gasteiger partial charge in [-0.3, -0.25) is 0 Å². The minimum atomic E-state index is 0.0199. The molecule has 0 unspecified atom stereocenters. The Morgan fingerprint density at radius 3 is 2.42 bits per heavy atom. The van der Waals surface area contributed by atoms with Crippen LogP contribution in [0.15, 0.2) is 29.4 Å². The molecule has 0 saturated carbocycles. The second kappa shape index (κ2) is 3.74. The SMILES string of the molecule is [C-]#[N+]c1ccc(/C(Cl)=N/O)cc1. The lowest BCUT2D eigenvalue weighted by Gasteiger charge is -1.94. The fourth-order valence-electron chi connectivity index (χ4n) is 0.731. The number of nitrogens with zero attached hydrogens (tertiary/aromatic N) is 2. The summed E-state index contributed by atoms with van der Waals surface area (Å²) in [4.78, 5) is 3.20. The van der Waals surface area contributed by atoms with Crippen LogP contribution in [-0.4, -0.2) is 10.4 Å². The van der Waals surface area contributed by atoms with Crippen LogP contribution in [0.25, 0.3) is 4.85 Å². The molecule has 0 aliphatic rings. The normalized spacial score (nSPS) is 10.8. The number of hydrogen-bond acceptors (Lipinski definition) is 2. The van der Waals surface area contributed by atoms with E-state index in [1.165, 1.54) is 0 Å². The lowest BCUT2D eigenvalue weighted by Crippen LogP contribution is -1.88. The molecule has 60 valence electrons. The van der Waals surface area contributed by atoms with Gasteiger partial charge in [0.2, 0.25) is 0 Å². The Morgan fingerprint density at radius 1 is 1.42 bits per heavy atom. The summed E-state index contributed by atoms with van der Waals surface area (Å²) in [6, 6.07) is 6.46. The van der Waals surface area contributed by atoms with E-state index in [0.717, 1.165) is 0 Å². The first-order chi connectivity index (χ1) is 5.77. The Kier molecular flexibility index (Phi) is 2.67. The first-order valence-electron chi connectivity index (χ1n) is 3.13. The summed E-state index contributed by atoms with van der Waals surface area (Å²) in [5.41, 5.74) is 1.12. The van der Waals surface area contributed by atoms with Gasteiger partial charge in [-0.05, 0) is 0 Å². The van der Waals surface area contributed by atoms with E-state index in [1.54, 1.807) is 24.3 Å². The van der Waals surface area contributed by atoms with Crippen LogP contribution >= 0.6 is 11.6 Å². The van der Waals surface area contributed by atoms with Crippen molar-refractivity contribution in [2.45, 2.75) is 0 Å². The van der Waals surface area contributed by atoms with E-state index in [2.05, 4.69) is 10.0 Å². The average Bonchev–Trinajstić information content (AvgIpc) is 2.17. The number of halogens is 1.